The van der Waals surface area contributed by atoms with Crippen molar-refractivity contribution < 1.29 is 0 Å². The van der Waals surface area contributed by atoms with E-state index in [1.165, 1.54) is 61.0 Å². The Hall–Kier alpha value is -5.40. The van der Waals surface area contributed by atoms with Gasteiger partial charge in [-0.3, -0.25) is 0 Å². The highest BCUT2D eigenvalue weighted by atomic mass is 15.1. The molecule has 0 amide bonds. The van der Waals surface area contributed by atoms with Crippen LogP contribution in [0.2, 0.25) is 0 Å². The molecule has 0 saturated heterocycles. The molecule has 44 heavy (non-hydrogen) atoms. The molecule has 0 spiro atoms. The van der Waals surface area contributed by atoms with Gasteiger partial charge in [0.2, 0.25) is 0 Å². The van der Waals surface area contributed by atoms with E-state index in [0.717, 1.165) is 11.4 Å². The van der Waals surface area contributed by atoms with Gasteiger partial charge in [-0.1, -0.05) is 141 Å². The maximum atomic E-state index is 2.45. The van der Waals surface area contributed by atoms with Crippen molar-refractivity contribution in [1.82, 2.24) is 0 Å². The standard InChI is InChI=1S/C43H33N/c1-43(2)40-26-25-33(31-17-8-4-9-18-31)28-38(40)39-29-41(36-23-12-13-24-37(36)42(39)43)44(34-20-10-5-11-21-34)35-22-14-19-32(27-35)30-15-6-3-7-16-30/h3-29H,1-2H3. The Labute approximate surface area is 259 Å². The van der Waals surface area contributed by atoms with Gasteiger partial charge in [-0.2, -0.15) is 0 Å². The van der Waals surface area contributed by atoms with E-state index in [9.17, 15) is 0 Å². The Morgan fingerprint density at radius 2 is 0.955 bits per heavy atom. The van der Waals surface area contributed by atoms with Gasteiger partial charge in [0.15, 0.2) is 0 Å². The molecule has 0 aromatic heterocycles. The largest absolute Gasteiger partial charge is 0.310 e. The second-order valence-corrected chi connectivity index (χ2v) is 12.2. The normalized spacial score (nSPS) is 13.0. The van der Waals surface area contributed by atoms with Crippen LogP contribution in [0, 0.1) is 0 Å². The molecule has 0 heterocycles. The summed E-state index contributed by atoms with van der Waals surface area (Å²) in [6.45, 7) is 4.76. The minimum atomic E-state index is -0.122. The van der Waals surface area contributed by atoms with Crippen molar-refractivity contribution in [2.24, 2.45) is 0 Å². The predicted octanol–water partition coefficient (Wildman–Crippen LogP) is 11.9. The lowest BCUT2D eigenvalue weighted by Gasteiger charge is -2.30. The summed E-state index contributed by atoms with van der Waals surface area (Å²) >= 11 is 0. The molecule has 0 atom stereocenters. The van der Waals surface area contributed by atoms with E-state index in [-0.39, 0.29) is 5.41 Å². The number of hydrogen-bond acceptors (Lipinski definition) is 1. The van der Waals surface area contributed by atoms with Crippen LogP contribution in [0.1, 0.15) is 25.0 Å². The van der Waals surface area contributed by atoms with E-state index in [4.69, 9.17) is 0 Å². The molecular weight excluding hydrogens is 530 g/mol. The SMILES string of the molecule is CC1(C)c2ccc(-c3ccccc3)cc2-c2cc(N(c3ccccc3)c3cccc(-c4ccccc4)c3)c3ccccc3c21. The molecule has 7 aromatic carbocycles. The summed E-state index contributed by atoms with van der Waals surface area (Å²) in [6.07, 6.45) is 0. The van der Waals surface area contributed by atoms with Crippen LogP contribution in [0.4, 0.5) is 17.1 Å². The molecule has 0 fully saturated rings. The van der Waals surface area contributed by atoms with Crippen molar-refractivity contribution in [2.45, 2.75) is 19.3 Å². The first-order chi connectivity index (χ1) is 21.6. The summed E-state index contributed by atoms with van der Waals surface area (Å²) < 4.78 is 0. The first-order valence-corrected chi connectivity index (χ1v) is 15.4. The van der Waals surface area contributed by atoms with Crippen molar-refractivity contribution in [1.29, 1.82) is 0 Å². The molecule has 1 aliphatic carbocycles. The smallest absolute Gasteiger partial charge is 0.0546 e. The summed E-state index contributed by atoms with van der Waals surface area (Å²) in [5.74, 6) is 0. The Kier molecular flexibility index (Phi) is 6.20. The molecule has 0 saturated carbocycles. The first kappa shape index (κ1) is 26.2. The zero-order valence-corrected chi connectivity index (χ0v) is 25.0. The van der Waals surface area contributed by atoms with E-state index in [1.54, 1.807) is 0 Å². The third-order valence-electron chi connectivity index (χ3n) is 9.20. The van der Waals surface area contributed by atoms with E-state index < -0.39 is 0 Å². The molecule has 8 rings (SSSR count). The van der Waals surface area contributed by atoms with Crippen LogP contribution in [0.15, 0.2) is 164 Å². The fourth-order valence-electron chi connectivity index (χ4n) is 7.14. The molecule has 1 aliphatic rings. The zero-order valence-electron chi connectivity index (χ0n) is 25.0. The van der Waals surface area contributed by atoms with E-state index >= 15 is 0 Å². The zero-order chi connectivity index (χ0) is 29.7. The van der Waals surface area contributed by atoms with Gasteiger partial charge < -0.3 is 4.90 Å². The summed E-state index contributed by atoms with van der Waals surface area (Å²) in [4.78, 5) is 2.43. The fourth-order valence-corrected chi connectivity index (χ4v) is 7.14. The van der Waals surface area contributed by atoms with Crippen LogP contribution in [0.25, 0.3) is 44.2 Å². The van der Waals surface area contributed by atoms with Gasteiger partial charge in [0.1, 0.15) is 0 Å². The van der Waals surface area contributed by atoms with Crippen LogP contribution in [0.3, 0.4) is 0 Å². The predicted molar refractivity (Wildman–Crippen MR) is 187 cm³/mol. The lowest BCUT2D eigenvalue weighted by Crippen LogP contribution is -2.16. The van der Waals surface area contributed by atoms with Gasteiger partial charge in [0.05, 0.1) is 5.69 Å². The number of fused-ring (bicyclic) bond motifs is 5. The topological polar surface area (TPSA) is 3.24 Å². The summed E-state index contributed by atoms with van der Waals surface area (Å²) in [7, 11) is 0. The summed E-state index contributed by atoms with van der Waals surface area (Å²) in [6, 6.07) is 59.5. The Morgan fingerprint density at radius 1 is 0.409 bits per heavy atom. The van der Waals surface area contributed by atoms with Gasteiger partial charge in [0, 0.05) is 22.2 Å². The number of rotatable bonds is 5. The van der Waals surface area contributed by atoms with Crippen LogP contribution >= 0.6 is 0 Å². The van der Waals surface area contributed by atoms with E-state index in [0.29, 0.717) is 0 Å². The maximum Gasteiger partial charge on any atom is 0.0546 e. The van der Waals surface area contributed by atoms with Crippen LogP contribution in [-0.2, 0) is 5.41 Å². The van der Waals surface area contributed by atoms with Crippen molar-refractivity contribution in [3.63, 3.8) is 0 Å². The molecule has 0 bridgehead atoms. The fraction of sp³-hybridized carbons (Fsp3) is 0.0698. The minimum absolute atomic E-state index is 0.122. The Morgan fingerprint density at radius 3 is 1.64 bits per heavy atom. The Balaban J connectivity index is 1.40. The average Bonchev–Trinajstić information content (AvgIpc) is 3.32. The summed E-state index contributed by atoms with van der Waals surface area (Å²) in [5, 5.41) is 2.56. The van der Waals surface area contributed by atoms with Gasteiger partial charge in [-0.05, 0) is 86.3 Å². The van der Waals surface area contributed by atoms with E-state index in [1.807, 2.05) is 0 Å². The monoisotopic (exact) mass is 563 g/mol. The lowest BCUT2D eigenvalue weighted by atomic mass is 9.79. The number of para-hydroxylation sites is 1. The quantitative estimate of drug-likeness (QED) is 0.201. The number of benzene rings is 7. The number of hydrogen-bond donors (Lipinski definition) is 0. The van der Waals surface area contributed by atoms with Crippen LogP contribution in [-0.4, -0.2) is 0 Å². The van der Waals surface area contributed by atoms with Crippen molar-refractivity contribution in [3.05, 3.63) is 175 Å². The molecule has 210 valence electrons. The molecule has 7 aromatic rings. The number of anilines is 3. The highest BCUT2D eigenvalue weighted by molar-refractivity contribution is 6.07. The third kappa shape index (κ3) is 4.24. The van der Waals surface area contributed by atoms with Gasteiger partial charge in [0.25, 0.3) is 0 Å². The summed E-state index contributed by atoms with van der Waals surface area (Å²) in [5.41, 5.74) is 13.7. The lowest BCUT2D eigenvalue weighted by molar-refractivity contribution is 0.666. The molecule has 0 aliphatic heterocycles. The van der Waals surface area contributed by atoms with Gasteiger partial charge in [-0.15, -0.1) is 0 Å². The highest BCUT2D eigenvalue weighted by Gasteiger charge is 2.38. The van der Waals surface area contributed by atoms with E-state index in [2.05, 4.69) is 183 Å². The second kappa shape index (κ2) is 10.4. The number of nitrogens with zero attached hydrogens (tertiary/aromatic N) is 1. The Bertz CT molecular complexity index is 2130. The van der Waals surface area contributed by atoms with Crippen molar-refractivity contribution in [2.75, 3.05) is 4.90 Å². The third-order valence-corrected chi connectivity index (χ3v) is 9.20. The molecule has 1 heteroatoms. The second-order valence-electron chi connectivity index (χ2n) is 12.2. The first-order valence-electron chi connectivity index (χ1n) is 15.4. The molecule has 1 nitrogen and oxygen atoms in total. The molecule has 0 unspecified atom stereocenters. The molecule has 0 N–H and O–H groups in total. The van der Waals surface area contributed by atoms with Crippen LogP contribution in [0.5, 0.6) is 0 Å². The van der Waals surface area contributed by atoms with Crippen molar-refractivity contribution in [3.8, 4) is 33.4 Å². The maximum absolute atomic E-state index is 2.45. The average molecular weight is 564 g/mol. The molecular formula is C43H33N. The van der Waals surface area contributed by atoms with Crippen LogP contribution < -0.4 is 4.90 Å². The molecule has 0 radical (unpaired) electrons. The van der Waals surface area contributed by atoms with Gasteiger partial charge >= 0.3 is 0 Å². The van der Waals surface area contributed by atoms with Crippen molar-refractivity contribution >= 4 is 27.8 Å². The highest BCUT2D eigenvalue weighted by Crippen LogP contribution is 2.55. The minimum Gasteiger partial charge on any atom is -0.310 e. The van der Waals surface area contributed by atoms with Gasteiger partial charge in [-0.25, -0.2) is 0 Å².